The van der Waals surface area contributed by atoms with E-state index in [1.807, 2.05) is 0 Å². The summed E-state index contributed by atoms with van der Waals surface area (Å²) in [5, 5.41) is 0. The van der Waals surface area contributed by atoms with Gasteiger partial charge in [-0.25, -0.2) is 8.78 Å². The van der Waals surface area contributed by atoms with Crippen LogP contribution in [0.2, 0.25) is 0 Å². The molecule has 1 saturated carbocycles. The van der Waals surface area contributed by atoms with Crippen molar-refractivity contribution < 1.29 is 13.5 Å². The van der Waals surface area contributed by atoms with Gasteiger partial charge in [0.2, 0.25) is 5.92 Å². The van der Waals surface area contributed by atoms with Crippen LogP contribution in [0.3, 0.4) is 0 Å². The Morgan fingerprint density at radius 3 is 2.31 bits per heavy atom. The first kappa shape index (κ1) is 12.2. The van der Waals surface area contributed by atoms with E-state index in [1.165, 1.54) is 0 Å². The van der Waals surface area contributed by atoms with Gasteiger partial charge in [-0.05, 0) is 11.8 Å². The Labute approximate surface area is 95.9 Å². The summed E-state index contributed by atoms with van der Waals surface area (Å²) in [4.78, 5) is 2.29. The summed E-state index contributed by atoms with van der Waals surface area (Å²) in [5.41, 5.74) is -0.115. The lowest BCUT2D eigenvalue weighted by molar-refractivity contribution is -0.174. The quantitative estimate of drug-likeness (QED) is 0.740. The van der Waals surface area contributed by atoms with E-state index in [9.17, 15) is 8.78 Å². The highest BCUT2D eigenvalue weighted by atomic mass is 19.3. The number of hydrogen-bond acceptors (Lipinski definition) is 2. The molecule has 0 bridgehead atoms. The molecule has 0 aromatic rings. The number of rotatable bonds is 4. The summed E-state index contributed by atoms with van der Waals surface area (Å²) in [6.45, 7) is 6.21. The zero-order valence-electron chi connectivity index (χ0n) is 9.98. The van der Waals surface area contributed by atoms with Gasteiger partial charge in [0, 0.05) is 32.5 Å². The highest BCUT2D eigenvalue weighted by Crippen LogP contribution is 2.54. The lowest BCUT2D eigenvalue weighted by Crippen LogP contribution is -2.54. The molecular formula is C12H21F2NO. The Morgan fingerprint density at radius 1 is 1.19 bits per heavy atom. The highest BCUT2D eigenvalue weighted by Gasteiger charge is 2.55. The van der Waals surface area contributed by atoms with Gasteiger partial charge in [-0.15, -0.1) is 0 Å². The van der Waals surface area contributed by atoms with Crippen LogP contribution in [0.25, 0.3) is 0 Å². The molecule has 2 nitrogen and oxygen atoms in total. The zero-order valence-corrected chi connectivity index (χ0v) is 9.98. The molecule has 16 heavy (non-hydrogen) atoms. The molecule has 1 aliphatic carbocycles. The predicted octanol–water partition coefficient (Wildman–Crippen LogP) is 2.53. The summed E-state index contributed by atoms with van der Waals surface area (Å²) < 4.78 is 31.4. The van der Waals surface area contributed by atoms with Gasteiger partial charge in [0.15, 0.2) is 0 Å². The van der Waals surface area contributed by atoms with Crippen LogP contribution in [0.4, 0.5) is 8.78 Å². The van der Waals surface area contributed by atoms with E-state index in [0.29, 0.717) is 0 Å². The molecule has 1 saturated heterocycles. The first-order chi connectivity index (χ1) is 7.55. The van der Waals surface area contributed by atoms with Crippen molar-refractivity contribution in [2.45, 2.75) is 38.5 Å². The average Bonchev–Trinajstić information content (AvgIpc) is 2.16. The van der Waals surface area contributed by atoms with E-state index < -0.39 is 5.92 Å². The van der Waals surface area contributed by atoms with Crippen molar-refractivity contribution in [2.75, 3.05) is 32.8 Å². The van der Waals surface area contributed by atoms with Crippen molar-refractivity contribution in [2.24, 2.45) is 5.41 Å². The van der Waals surface area contributed by atoms with Crippen molar-refractivity contribution in [3.05, 3.63) is 0 Å². The smallest absolute Gasteiger partial charge is 0.249 e. The van der Waals surface area contributed by atoms with Gasteiger partial charge in [-0.1, -0.05) is 13.3 Å². The summed E-state index contributed by atoms with van der Waals surface area (Å²) in [6, 6.07) is 0. The standard InChI is InChI=1S/C12H21F2NO/c1-2-3-11(8-12(13,14)9-11)10-15-4-6-16-7-5-15/h2-10H2,1H3. The molecular weight excluding hydrogens is 212 g/mol. The maximum atomic E-state index is 13.1. The Balaban J connectivity index is 1.88. The van der Waals surface area contributed by atoms with Crippen LogP contribution in [-0.2, 0) is 4.74 Å². The number of morpholine rings is 1. The third kappa shape index (κ3) is 2.72. The van der Waals surface area contributed by atoms with Gasteiger partial charge in [-0.3, -0.25) is 4.90 Å². The average molecular weight is 233 g/mol. The molecule has 0 radical (unpaired) electrons. The number of alkyl halides is 2. The Hall–Kier alpha value is -0.220. The van der Waals surface area contributed by atoms with Gasteiger partial charge in [-0.2, -0.15) is 0 Å². The fourth-order valence-corrected chi connectivity index (χ4v) is 3.18. The fourth-order valence-electron chi connectivity index (χ4n) is 3.18. The minimum Gasteiger partial charge on any atom is -0.379 e. The van der Waals surface area contributed by atoms with Crippen molar-refractivity contribution in [1.29, 1.82) is 0 Å². The van der Waals surface area contributed by atoms with E-state index in [-0.39, 0.29) is 18.3 Å². The zero-order chi connectivity index (χ0) is 11.6. The summed E-state index contributed by atoms with van der Waals surface area (Å²) in [6.07, 6.45) is 2.11. The van der Waals surface area contributed by atoms with Gasteiger partial charge in [0.25, 0.3) is 0 Å². The number of ether oxygens (including phenoxy) is 1. The minimum atomic E-state index is -2.40. The normalized spacial score (nSPS) is 28.7. The van der Waals surface area contributed by atoms with Crippen LogP contribution in [0.15, 0.2) is 0 Å². The van der Waals surface area contributed by atoms with E-state index in [0.717, 1.165) is 45.7 Å². The van der Waals surface area contributed by atoms with Crippen LogP contribution < -0.4 is 0 Å². The van der Waals surface area contributed by atoms with Crippen molar-refractivity contribution in [3.63, 3.8) is 0 Å². The highest BCUT2D eigenvalue weighted by molar-refractivity contribution is 5.00. The molecule has 4 heteroatoms. The SMILES string of the molecule is CCCC1(CN2CCOCC2)CC(F)(F)C1. The van der Waals surface area contributed by atoms with Crippen LogP contribution in [0.5, 0.6) is 0 Å². The van der Waals surface area contributed by atoms with Crippen molar-refractivity contribution >= 4 is 0 Å². The molecule has 0 spiro atoms. The minimum absolute atomic E-state index is 0.0885. The fraction of sp³-hybridized carbons (Fsp3) is 1.00. The molecule has 1 heterocycles. The molecule has 94 valence electrons. The lowest BCUT2D eigenvalue weighted by atomic mass is 9.63. The first-order valence-corrected chi connectivity index (χ1v) is 6.23. The maximum absolute atomic E-state index is 13.1. The molecule has 0 aromatic heterocycles. The van der Waals surface area contributed by atoms with E-state index >= 15 is 0 Å². The second-order valence-corrected chi connectivity index (χ2v) is 5.35. The molecule has 0 atom stereocenters. The van der Waals surface area contributed by atoms with Gasteiger partial charge >= 0.3 is 0 Å². The van der Waals surface area contributed by atoms with Crippen LogP contribution in [-0.4, -0.2) is 43.7 Å². The maximum Gasteiger partial charge on any atom is 0.249 e. The van der Waals surface area contributed by atoms with Gasteiger partial charge < -0.3 is 4.74 Å². The number of halogens is 2. The monoisotopic (exact) mass is 233 g/mol. The molecule has 1 aliphatic heterocycles. The van der Waals surface area contributed by atoms with Crippen LogP contribution in [0, 0.1) is 5.41 Å². The molecule has 2 rings (SSSR count). The first-order valence-electron chi connectivity index (χ1n) is 6.23. The lowest BCUT2D eigenvalue weighted by Gasteiger charge is -2.50. The van der Waals surface area contributed by atoms with E-state index in [4.69, 9.17) is 4.74 Å². The Morgan fingerprint density at radius 2 is 1.81 bits per heavy atom. The molecule has 0 aromatic carbocycles. The largest absolute Gasteiger partial charge is 0.379 e. The number of hydrogen-bond donors (Lipinski definition) is 0. The van der Waals surface area contributed by atoms with Crippen LogP contribution >= 0.6 is 0 Å². The second kappa shape index (κ2) is 4.57. The Kier molecular flexibility index (Phi) is 3.50. The molecule has 2 fully saturated rings. The van der Waals surface area contributed by atoms with Crippen molar-refractivity contribution in [1.82, 2.24) is 4.90 Å². The van der Waals surface area contributed by atoms with Gasteiger partial charge in [0.05, 0.1) is 13.2 Å². The topological polar surface area (TPSA) is 12.5 Å². The summed E-state index contributed by atoms with van der Waals surface area (Å²) >= 11 is 0. The Bertz CT molecular complexity index is 231. The molecule has 0 unspecified atom stereocenters. The van der Waals surface area contributed by atoms with E-state index in [2.05, 4.69) is 11.8 Å². The third-order valence-corrected chi connectivity index (χ3v) is 3.71. The second-order valence-electron chi connectivity index (χ2n) is 5.35. The molecule has 0 N–H and O–H groups in total. The molecule has 0 amide bonds. The van der Waals surface area contributed by atoms with E-state index in [1.54, 1.807) is 0 Å². The predicted molar refractivity (Wildman–Crippen MR) is 58.8 cm³/mol. The number of nitrogens with zero attached hydrogens (tertiary/aromatic N) is 1. The van der Waals surface area contributed by atoms with Gasteiger partial charge in [0.1, 0.15) is 0 Å². The summed E-state index contributed by atoms with van der Waals surface area (Å²) in [5.74, 6) is -2.40. The van der Waals surface area contributed by atoms with Crippen molar-refractivity contribution in [3.8, 4) is 0 Å². The molecule has 2 aliphatic rings. The van der Waals surface area contributed by atoms with Crippen LogP contribution in [0.1, 0.15) is 32.6 Å². The summed E-state index contributed by atoms with van der Waals surface area (Å²) in [7, 11) is 0. The third-order valence-electron chi connectivity index (χ3n) is 3.71.